The van der Waals surface area contributed by atoms with E-state index in [1.807, 2.05) is 0 Å². The largest absolute Gasteiger partial charge is 0.395 e. The molecule has 0 aromatic heterocycles. The summed E-state index contributed by atoms with van der Waals surface area (Å²) >= 11 is 0. The van der Waals surface area contributed by atoms with Crippen LogP contribution in [0.5, 0.6) is 0 Å². The van der Waals surface area contributed by atoms with Crippen molar-refractivity contribution < 1.29 is 5.11 Å². The van der Waals surface area contributed by atoms with Crippen LogP contribution in [-0.4, -0.2) is 42.8 Å². The zero-order valence-electron chi connectivity index (χ0n) is 13.2. The highest BCUT2D eigenvalue weighted by molar-refractivity contribution is 5.28. The van der Waals surface area contributed by atoms with Crippen molar-refractivity contribution in [2.24, 2.45) is 0 Å². The Kier molecular flexibility index (Phi) is 8.51. The highest BCUT2D eigenvalue weighted by Gasteiger charge is 2.14. The van der Waals surface area contributed by atoms with Crippen LogP contribution in [0.25, 0.3) is 0 Å². The highest BCUT2D eigenvalue weighted by Crippen LogP contribution is 2.21. The minimum atomic E-state index is 0.241. The molecule has 0 saturated carbocycles. The van der Waals surface area contributed by atoms with Gasteiger partial charge in [-0.2, -0.15) is 0 Å². The van der Waals surface area contributed by atoms with Crippen LogP contribution >= 0.6 is 0 Å². The van der Waals surface area contributed by atoms with Gasteiger partial charge in [-0.15, -0.1) is 0 Å². The van der Waals surface area contributed by atoms with Crippen LogP contribution in [0, 0.1) is 6.92 Å². The van der Waals surface area contributed by atoms with Crippen LogP contribution in [0.3, 0.4) is 0 Å². The summed E-state index contributed by atoms with van der Waals surface area (Å²) in [4.78, 5) is 2.30. The molecule has 1 atom stereocenters. The molecule has 0 aliphatic carbocycles. The quantitative estimate of drug-likeness (QED) is 0.691. The van der Waals surface area contributed by atoms with Crippen molar-refractivity contribution >= 4 is 0 Å². The first-order chi connectivity index (χ1) is 9.72. The van der Waals surface area contributed by atoms with Crippen LogP contribution in [0.1, 0.15) is 43.9 Å². The van der Waals surface area contributed by atoms with E-state index in [-0.39, 0.29) is 6.61 Å². The summed E-state index contributed by atoms with van der Waals surface area (Å²) in [5.74, 6) is 0. The van der Waals surface area contributed by atoms with Crippen molar-refractivity contribution in [1.29, 1.82) is 0 Å². The molecule has 0 spiro atoms. The molecule has 0 aliphatic rings. The summed E-state index contributed by atoms with van der Waals surface area (Å²) in [7, 11) is 0. The lowest BCUT2D eigenvalue weighted by Crippen LogP contribution is -2.32. The molecule has 114 valence electrons. The number of aliphatic hydroxyl groups excluding tert-OH is 1. The molecule has 1 aromatic rings. The van der Waals surface area contributed by atoms with E-state index >= 15 is 0 Å². The van der Waals surface area contributed by atoms with Crippen LogP contribution in [-0.2, 0) is 0 Å². The second-order valence-corrected chi connectivity index (χ2v) is 5.31. The minimum Gasteiger partial charge on any atom is -0.395 e. The SMILES string of the molecule is CCCNC(CCN(CC)CCO)c1ccccc1C. The summed E-state index contributed by atoms with van der Waals surface area (Å²) in [6, 6.07) is 9.03. The lowest BCUT2D eigenvalue weighted by Gasteiger charge is -2.25. The van der Waals surface area contributed by atoms with E-state index in [9.17, 15) is 0 Å². The molecule has 2 N–H and O–H groups in total. The highest BCUT2D eigenvalue weighted by atomic mass is 16.3. The van der Waals surface area contributed by atoms with Crippen LogP contribution in [0.15, 0.2) is 24.3 Å². The zero-order chi connectivity index (χ0) is 14.8. The Balaban J connectivity index is 2.67. The van der Waals surface area contributed by atoms with E-state index < -0.39 is 0 Å². The second kappa shape index (κ2) is 9.92. The second-order valence-electron chi connectivity index (χ2n) is 5.31. The normalized spacial score (nSPS) is 12.8. The van der Waals surface area contributed by atoms with Gasteiger partial charge in [-0.3, -0.25) is 0 Å². The van der Waals surface area contributed by atoms with Gasteiger partial charge < -0.3 is 15.3 Å². The number of likely N-dealkylation sites (N-methyl/N-ethyl adjacent to an activating group) is 1. The maximum absolute atomic E-state index is 9.08. The van der Waals surface area contributed by atoms with Crippen LogP contribution in [0.2, 0.25) is 0 Å². The third-order valence-electron chi connectivity index (χ3n) is 3.80. The molecule has 0 radical (unpaired) electrons. The third-order valence-corrected chi connectivity index (χ3v) is 3.80. The molecular formula is C17H30N2O. The van der Waals surface area contributed by atoms with Crippen molar-refractivity contribution in [3.63, 3.8) is 0 Å². The number of rotatable bonds is 10. The van der Waals surface area contributed by atoms with E-state index in [0.29, 0.717) is 6.04 Å². The first kappa shape index (κ1) is 17.2. The third kappa shape index (κ3) is 5.61. The fourth-order valence-electron chi connectivity index (χ4n) is 2.54. The molecule has 1 unspecified atom stereocenters. The first-order valence-electron chi connectivity index (χ1n) is 7.85. The molecule has 0 amide bonds. The Bertz CT molecular complexity index is 368. The van der Waals surface area contributed by atoms with Gasteiger partial charge in [0.15, 0.2) is 0 Å². The minimum absolute atomic E-state index is 0.241. The van der Waals surface area contributed by atoms with E-state index in [2.05, 4.69) is 55.3 Å². The maximum atomic E-state index is 9.08. The number of aliphatic hydroxyl groups is 1. The number of benzene rings is 1. The van der Waals surface area contributed by atoms with E-state index in [4.69, 9.17) is 5.11 Å². The van der Waals surface area contributed by atoms with Gasteiger partial charge in [0, 0.05) is 19.1 Å². The maximum Gasteiger partial charge on any atom is 0.0558 e. The molecule has 1 rings (SSSR count). The summed E-state index contributed by atoms with van der Waals surface area (Å²) in [6.07, 6.45) is 2.23. The van der Waals surface area contributed by atoms with Gasteiger partial charge in [0.05, 0.1) is 6.61 Å². The number of hydrogen-bond donors (Lipinski definition) is 2. The van der Waals surface area contributed by atoms with Gasteiger partial charge in [-0.05, 0) is 44.0 Å². The zero-order valence-corrected chi connectivity index (χ0v) is 13.2. The fraction of sp³-hybridized carbons (Fsp3) is 0.647. The average Bonchev–Trinajstić information content (AvgIpc) is 2.47. The molecule has 20 heavy (non-hydrogen) atoms. The first-order valence-corrected chi connectivity index (χ1v) is 7.85. The lowest BCUT2D eigenvalue weighted by molar-refractivity contribution is 0.195. The number of nitrogens with one attached hydrogen (secondary N) is 1. The molecule has 0 heterocycles. The topological polar surface area (TPSA) is 35.5 Å². The van der Waals surface area contributed by atoms with Crippen LogP contribution in [0.4, 0.5) is 0 Å². The van der Waals surface area contributed by atoms with Gasteiger partial charge in [-0.1, -0.05) is 38.1 Å². The van der Waals surface area contributed by atoms with Gasteiger partial charge in [-0.25, -0.2) is 0 Å². The van der Waals surface area contributed by atoms with Crippen molar-refractivity contribution in [2.45, 2.75) is 39.7 Å². The Morgan fingerprint density at radius 1 is 1.20 bits per heavy atom. The molecule has 3 heteroatoms. The van der Waals surface area contributed by atoms with E-state index in [0.717, 1.165) is 39.0 Å². The fourth-order valence-corrected chi connectivity index (χ4v) is 2.54. The van der Waals surface area contributed by atoms with E-state index in [1.54, 1.807) is 0 Å². The molecule has 0 aliphatic heterocycles. The molecule has 1 aromatic carbocycles. The van der Waals surface area contributed by atoms with Crippen molar-refractivity contribution in [2.75, 3.05) is 32.8 Å². The molecule has 0 fully saturated rings. The summed E-state index contributed by atoms with van der Waals surface area (Å²) < 4.78 is 0. The van der Waals surface area contributed by atoms with Gasteiger partial charge >= 0.3 is 0 Å². The Hall–Kier alpha value is -0.900. The standard InChI is InChI=1S/C17H30N2O/c1-4-11-18-17(10-12-19(5-2)13-14-20)16-9-7-6-8-15(16)3/h6-9,17-18,20H,4-5,10-14H2,1-3H3. The smallest absolute Gasteiger partial charge is 0.0558 e. The predicted molar refractivity (Wildman–Crippen MR) is 86.0 cm³/mol. The lowest BCUT2D eigenvalue weighted by atomic mass is 9.98. The monoisotopic (exact) mass is 278 g/mol. The van der Waals surface area contributed by atoms with Crippen molar-refractivity contribution in [3.8, 4) is 0 Å². The van der Waals surface area contributed by atoms with Crippen LogP contribution < -0.4 is 5.32 Å². The Morgan fingerprint density at radius 3 is 2.55 bits per heavy atom. The number of hydrogen-bond acceptors (Lipinski definition) is 3. The van der Waals surface area contributed by atoms with Gasteiger partial charge in [0.2, 0.25) is 0 Å². The average molecular weight is 278 g/mol. The number of aryl methyl sites for hydroxylation is 1. The molecule has 0 saturated heterocycles. The van der Waals surface area contributed by atoms with Crippen molar-refractivity contribution in [3.05, 3.63) is 35.4 Å². The predicted octanol–water partition coefficient (Wildman–Crippen LogP) is 2.74. The summed E-state index contributed by atoms with van der Waals surface area (Å²) in [5, 5.41) is 12.7. The summed E-state index contributed by atoms with van der Waals surface area (Å²) in [6.45, 7) is 10.6. The van der Waals surface area contributed by atoms with Gasteiger partial charge in [0.25, 0.3) is 0 Å². The van der Waals surface area contributed by atoms with E-state index in [1.165, 1.54) is 11.1 Å². The number of nitrogens with zero attached hydrogens (tertiary/aromatic N) is 1. The Labute approximate surface area is 124 Å². The van der Waals surface area contributed by atoms with Crippen molar-refractivity contribution in [1.82, 2.24) is 10.2 Å². The molecule has 3 nitrogen and oxygen atoms in total. The molecular weight excluding hydrogens is 248 g/mol. The summed E-state index contributed by atoms with van der Waals surface area (Å²) in [5.41, 5.74) is 2.76. The molecule has 0 bridgehead atoms. The van der Waals surface area contributed by atoms with Gasteiger partial charge in [0.1, 0.15) is 0 Å². The Morgan fingerprint density at radius 2 is 1.95 bits per heavy atom.